The zero-order valence-electron chi connectivity index (χ0n) is 8.45. The van der Waals surface area contributed by atoms with Crippen molar-refractivity contribution in [2.75, 3.05) is 13.7 Å². The first-order valence-electron chi connectivity index (χ1n) is 4.34. The highest BCUT2D eigenvalue weighted by molar-refractivity contribution is 7.89. The van der Waals surface area contributed by atoms with Crippen LogP contribution < -0.4 is 9.46 Å². The molecule has 0 heterocycles. The lowest BCUT2D eigenvalue weighted by Crippen LogP contribution is -2.23. The Morgan fingerprint density at radius 1 is 1.40 bits per heavy atom. The van der Waals surface area contributed by atoms with Gasteiger partial charge < -0.3 is 4.74 Å². The molecule has 0 fully saturated rings. The number of ether oxygens (including phenoxy) is 1. The van der Waals surface area contributed by atoms with Gasteiger partial charge in [0.2, 0.25) is 10.0 Å². The monoisotopic (exact) mass is 233 g/mol. The van der Waals surface area contributed by atoms with Gasteiger partial charge in [-0.05, 0) is 6.07 Å². The maximum Gasteiger partial charge on any atom is 0.240 e. The predicted molar refractivity (Wildman–Crippen MR) is 53.8 cm³/mol. The van der Waals surface area contributed by atoms with Crippen LogP contribution in [0.15, 0.2) is 23.1 Å². The number of hydrogen-bond acceptors (Lipinski definition) is 3. The molecule has 0 saturated heterocycles. The Balaban J connectivity index is 3.20. The molecule has 1 aromatic rings. The highest BCUT2D eigenvalue weighted by Gasteiger charge is 2.14. The summed E-state index contributed by atoms with van der Waals surface area (Å²) in [5.74, 6) is -0.475. The maximum absolute atomic E-state index is 13.0. The van der Waals surface area contributed by atoms with E-state index >= 15 is 0 Å². The first-order chi connectivity index (χ1) is 6.99. The van der Waals surface area contributed by atoms with Gasteiger partial charge in [-0.3, -0.25) is 0 Å². The van der Waals surface area contributed by atoms with Crippen LogP contribution >= 0.6 is 0 Å². The SMILES string of the molecule is CCNS(=O)(=O)c1cc(F)cc(OC)c1. The van der Waals surface area contributed by atoms with Crippen molar-refractivity contribution in [3.63, 3.8) is 0 Å². The molecule has 1 aromatic carbocycles. The van der Waals surface area contributed by atoms with Crippen LogP contribution in [0.3, 0.4) is 0 Å². The van der Waals surface area contributed by atoms with E-state index in [0.717, 1.165) is 12.1 Å². The third-order valence-electron chi connectivity index (χ3n) is 1.73. The molecular formula is C9H12FNO3S. The molecule has 0 spiro atoms. The minimum absolute atomic E-state index is 0.138. The number of rotatable bonds is 4. The summed E-state index contributed by atoms with van der Waals surface area (Å²) in [6.45, 7) is 1.90. The van der Waals surface area contributed by atoms with Crippen LogP contribution in [0.4, 0.5) is 4.39 Å². The molecule has 15 heavy (non-hydrogen) atoms. The molecule has 0 aromatic heterocycles. The third kappa shape index (κ3) is 2.90. The Kier molecular flexibility index (Phi) is 3.65. The molecule has 0 atom stereocenters. The summed E-state index contributed by atoms with van der Waals surface area (Å²) in [4.78, 5) is -0.138. The van der Waals surface area contributed by atoms with Crippen molar-refractivity contribution in [3.8, 4) is 5.75 Å². The van der Waals surface area contributed by atoms with Crippen molar-refractivity contribution in [2.24, 2.45) is 0 Å². The van der Waals surface area contributed by atoms with Gasteiger partial charge in [-0.15, -0.1) is 0 Å². The van der Waals surface area contributed by atoms with Crippen LogP contribution in [0.2, 0.25) is 0 Å². The van der Waals surface area contributed by atoms with Crippen molar-refractivity contribution >= 4 is 10.0 Å². The molecule has 1 N–H and O–H groups in total. The normalized spacial score (nSPS) is 11.4. The molecule has 84 valence electrons. The molecule has 0 unspecified atom stereocenters. The molecule has 0 aliphatic heterocycles. The summed E-state index contributed by atoms with van der Waals surface area (Å²) < 4.78 is 43.1. The number of nitrogens with one attached hydrogen (secondary N) is 1. The predicted octanol–water partition coefficient (Wildman–Crippen LogP) is 1.13. The summed E-state index contributed by atoms with van der Waals surface area (Å²) in [5, 5.41) is 0. The molecule has 0 bridgehead atoms. The fraction of sp³-hybridized carbons (Fsp3) is 0.333. The van der Waals surface area contributed by atoms with Gasteiger partial charge in [-0.1, -0.05) is 6.92 Å². The Morgan fingerprint density at radius 3 is 2.60 bits per heavy atom. The summed E-state index contributed by atoms with van der Waals surface area (Å²) in [5.41, 5.74) is 0. The first kappa shape index (κ1) is 11.9. The average molecular weight is 233 g/mol. The second kappa shape index (κ2) is 4.59. The molecule has 0 amide bonds. The molecule has 0 radical (unpaired) electrons. The van der Waals surface area contributed by atoms with Crippen molar-refractivity contribution < 1.29 is 17.5 Å². The van der Waals surface area contributed by atoms with Gasteiger partial charge in [0.05, 0.1) is 12.0 Å². The van der Waals surface area contributed by atoms with E-state index in [4.69, 9.17) is 4.74 Å². The van der Waals surface area contributed by atoms with Gasteiger partial charge in [0, 0.05) is 18.7 Å². The lowest BCUT2D eigenvalue weighted by molar-refractivity contribution is 0.409. The van der Waals surface area contributed by atoms with Crippen molar-refractivity contribution in [3.05, 3.63) is 24.0 Å². The minimum atomic E-state index is -3.64. The fourth-order valence-corrected chi connectivity index (χ4v) is 2.17. The van der Waals surface area contributed by atoms with Crippen LogP contribution in [0.1, 0.15) is 6.92 Å². The Hall–Kier alpha value is -1.14. The number of halogens is 1. The number of hydrogen-bond donors (Lipinski definition) is 1. The van der Waals surface area contributed by atoms with Crippen molar-refractivity contribution in [2.45, 2.75) is 11.8 Å². The number of methoxy groups -OCH3 is 1. The van der Waals surface area contributed by atoms with E-state index in [1.54, 1.807) is 6.92 Å². The summed E-state index contributed by atoms with van der Waals surface area (Å²) in [7, 11) is -2.29. The van der Waals surface area contributed by atoms with Gasteiger partial charge in [0.15, 0.2) is 0 Å². The van der Waals surface area contributed by atoms with Crippen LogP contribution in [0.25, 0.3) is 0 Å². The van der Waals surface area contributed by atoms with Crippen molar-refractivity contribution in [1.29, 1.82) is 0 Å². The summed E-state index contributed by atoms with van der Waals surface area (Å²) in [6, 6.07) is 3.33. The Bertz CT molecular complexity index is 445. The second-order valence-electron chi connectivity index (χ2n) is 2.83. The van der Waals surface area contributed by atoms with Gasteiger partial charge in [0.1, 0.15) is 11.6 Å². The van der Waals surface area contributed by atoms with E-state index in [9.17, 15) is 12.8 Å². The smallest absolute Gasteiger partial charge is 0.240 e. The van der Waals surface area contributed by atoms with Crippen LogP contribution in [-0.2, 0) is 10.0 Å². The van der Waals surface area contributed by atoms with E-state index in [1.807, 2.05) is 0 Å². The van der Waals surface area contributed by atoms with Crippen LogP contribution in [0, 0.1) is 5.82 Å². The van der Waals surface area contributed by atoms with Crippen LogP contribution in [0.5, 0.6) is 5.75 Å². The Labute approximate surface area is 88.1 Å². The maximum atomic E-state index is 13.0. The quantitative estimate of drug-likeness (QED) is 0.848. The lowest BCUT2D eigenvalue weighted by atomic mass is 10.3. The van der Waals surface area contributed by atoms with Gasteiger partial charge >= 0.3 is 0 Å². The molecule has 4 nitrogen and oxygen atoms in total. The van der Waals surface area contributed by atoms with E-state index in [-0.39, 0.29) is 17.2 Å². The first-order valence-corrected chi connectivity index (χ1v) is 5.82. The van der Waals surface area contributed by atoms with E-state index in [1.165, 1.54) is 13.2 Å². The van der Waals surface area contributed by atoms with E-state index in [0.29, 0.717) is 0 Å². The topological polar surface area (TPSA) is 55.4 Å². The second-order valence-corrected chi connectivity index (χ2v) is 4.60. The van der Waals surface area contributed by atoms with Crippen molar-refractivity contribution in [1.82, 2.24) is 4.72 Å². The largest absolute Gasteiger partial charge is 0.497 e. The van der Waals surface area contributed by atoms with E-state index in [2.05, 4.69) is 4.72 Å². The molecule has 0 saturated carbocycles. The molecule has 0 aliphatic rings. The minimum Gasteiger partial charge on any atom is -0.497 e. The molecule has 1 rings (SSSR count). The average Bonchev–Trinajstić information content (AvgIpc) is 2.16. The highest BCUT2D eigenvalue weighted by Crippen LogP contribution is 2.19. The van der Waals surface area contributed by atoms with Gasteiger partial charge in [0.25, 0.3) is 0 Å². The number of sulfonamides is 1. The number of benzene rings is 1. The van der Waals surface area contributed by atoms with Gasteiger partial charge in [-0.25, -0.2) is 17.5 Å². The molecular weight excluding hydrogens is 221 g/mol. The summed E-state index contributed by atoms with van der Waals surface area (Å²) >= 11 is 0. The third-order valence-corrected chi connectivity index (χ3v) is 3.25. The lowest BCUT2D eigenvalue weighted by Gasteiger charge is -2.06. The molecule has 0 aliphatic carbocycles. The zero-order chi connectivity index (χ0) is 11.5. The zero-order valence-corrected chi connectivity index (χ0v) is 9.27. The fourth-order valence-electron chi connectivity index (χ4n) is 1.08. The highest BCUT2D eigenvalue weighted by atomic mass is 32.2. The van der Waals surface area contributed by atoms with Crippen LogP contribution in [-0.4, -0.2) is 22.1 Å². The standard InChI is InChI=1S/C9H12FNO3S/c1-3-11-15(12,13)9-5-7(10)4-8(6-9)14-2/h4-6,11H,3H2,1-2H3. The van der Waals surface area contributed by atoms with Gasteiger partial charge in [-0.2, -0.15) is 0 Å². The molecule has 6 heteroatoms. The summed E-state index contributed by atoms with van der Waals surface area (Å²) in [6.07, 6.45) is 0. The van der Waals surface area contributed by atoms with E-state index < -0.39 is 15.8 Å². The Morgan fingerprint density at radius 2 is 2.07 bits per heavy atom.